The highest BCUT2D eigenvalue weighted by atomic mass is 16.5. The topological polar surface area (TPSA) is 77.8 Å². The lowest BCUT2D eigenvalue weighted by molar-refractivity contribution is 0.344. The van der Waals surface area contributed by atoms with Crippen molar-refractivity contribution in [2.75, 3.05) is 0 Å². The molecule has 0 bridgehead atoms. The highest BCUT2D eigenvalue weighted by Crippen LogP contribution is 2.41. The van der Waals surface area contributed by atoms with E-state index in [1.54, 1.807) is 12.4 Å². The molecular formula is C11H12N4O. The van der Waals surface area contributed by atoms with Crippen molar-refractivity contribution < 1.29 is 4.52 Å². The Morgan fingerprint density at radius 1 is 1.44 bits per heavy atom. The Kier molecular flexibility index (Phi) is 2.00. The average molecular weight is 216 g/mol. The van der Waals surface area contributed by atoms with E-state index in [9.17, 15) is 0 Å². The third-order valence-electron chi connectivity index (χ3n) is 2.77. The van der Waals surface area contributed by atoms with Crippen LogP contribution in [0.25, 0.3) is 0 Å². The minimum atomic E-state index is -0.347. The SMILES string of the molecule is NC1(c2nc(Cc3cccnc3)no2)CC1. The Morgan fingerprint density at radius 2 is 2.31 bits per heavy atom. The Morgan fingerprint density at radius 3 is 3.00 bits per heavy atom. The lowest BCUT2D eigenvalue weighted by Crippen LogP contribution is -2.19. The van der Waals surface area contributed by atoms with Gasteiger partial charge in [0.25, 0.3) is 0 Å². The fraction of sp³-hybridized carbons (Fsp3) is 0.364. The first-order valence-electron chi connectivity index (χ1n) is 5.27. The zero-order valence-electron chi connectivity index (χ0n) is 8.76. The Balaban J connectivity index is 1.78. The molecule has 5 heteroatoms. The van der Waals surface area contributed by atoms with Crippen LogP contribution in [-0.2, 0) is 12.0 Å². The molecule has 1 aliphatic carbocycles. The second-order valence-electron chi connectivity index (χ2n) is 4.21. The zero-order valence-corrected chi connectivity index (χ0v) is 8.76. The van der Waals surface area contributed by atoms with E-state index in [2.05, 4.69) is 15.1 Å². The molecule has 1 aliphatic rings. The van der Waals surface area contributed by atoms with Gasteiger partial charge in [-0.05, 0) is 24.5 Å². The van der Waals surface area contributed by atoms with E-state index in [0.717, 1.165) is 18.4 Å². The first-order chi connectivity index (χ1) is 7.76. The molecule has 2 heterocycles. The van der Waals surface area contributed by atoms with Gasteiger partial charge < -0.3 is 10.3 Å². The molecule has 1 saturated carbocycles. The number of rotatable bonds is 3. The van der Waals surface area contributed by atoms with E-state index in [0.29, 0.717) is 18.1 Å². The van der Waals surface area contributed by atoms with E-state index < -0.39 is 0 Å². The highest BCUT2D eigenvalue weighted by molar-refractivity contribution is 5.16. The maximum atomic E-state index is 5.97. The molecule has 0 unspecified atom stereocenters. The van der Waals surface area contributed by atoms with E-state index in [1.807, 2.05) is 12.1 Å². The van der Waals surface area contributed by atoms with Crippen molar-refractivity contribution in [1.29, 1.82) is 0 Å². The van der Waals surface area contributed by atoms with Gasteiger partial charge in [0.1, 0.15) is 0 Å². The smallest absolute Gasteiger partial charge is 0.246 e. The van der Waals surface area contributed by atoms with Crippen LogP contribution in [0.3, 0.4) is 0 Å². The van der Waals surface area contributed by atoms with Gasteiger partial charge in [-0.15, -0.1) is 0 Å². The van der Waals surface area contributed by atoms with Crippen LogP contribution in [-0.4, -0.2) is 15.1 Å². The summed E-state index contributed by atoms with van der Waals surface area (Å²) in [4.78, 5) is 8.35. The Bertz CT molecular complexity index is 490. The summed E-state index contributed by atoms with van der Waals surface area (Å²) in [6.07, 6.45) is 6.03. The van der Waals surface area contributed by atoms with Crippen LogP contribution in [0.1, 0.15) is 30.1 Å². The van der Waals surface area contributed by atoms with Gasteiger partial charge in [-0.25, -0.2) is 0 Å². The minimum Gasteiger partial charge on any atom is -0.337 e. The fourth-order valence-corrected chi connectivity index (χ4v) is 1.56. The van der Waals surface area contributed by atoms with E-state index in [-0.39, 0.29) is 5.54 Å². The zero-order chi connectivity index (χ0) is 11.0. The molecule has 16 heavy (non-hydrogen) atoms. The van der Waals surface area contributed by atoms with Crippen LogP contribution in [0.4, 0.5) is 0 Å². The summed E-state index contributed by atoms with van der Waals surface area (Å²) in [7, 11) is 0. The van der Waals surface area contributed by atoms with Gasteiger partial charge in [-0.1, -0.05) is 11.2 Å². The molecule has 0 radical (unpaired) electrons. The monoisotopic (exact) mass is 216 g/mol. The molecule has 82 valence electrons. The molecule has 0 atom stereocenters. The number of pyridine rings is 1. The molecule has 5 nitrogen and oxygen atoms in total. The summed E-state index contributed by atoms with van der Waals surface area (Å²) in [6.45, 7) is 0. The lowest BCUT2D eigenvalue weighted by Gasteiger charge is -1.98. The van der Waals surface area contributed by atoms with Gasteiger partial charge in [-0.2, -0.15) is 4.98 Å². The Hall–Kier alpha value is -1.75. The molecule has 0 spiro atoms. The molecule has 0 aromatic carbocycles. The summed E-state index contributed by atoms with van der Waals surface area (Å²) in [6, 6.07) is 3.88. The standard InChI is InChI=1S/C11H12N4O/c12-11(3-4-11)10-14-9(15-16-10)6-8-2-1-5-13-7-8/h1-2,5,7H,3-4,6,12H2. The van der Waals surface area contributed by atoms with Gasteiger partial charge in [0.15, 0.2) is 5.82 Å². The number of aromatic nitrogens is 3. The van der Waals surface area contributed by atoms with Crippen LogP contribution in [0.2, 0.25) is 0 Å². The first-order valence-corrected chi connectivity index (χ1v) is 5.27. The van der Waals surface area contributed by atoms with Crippen molar-refractivity contribution in [2.24, 2.45) is 5.73 Å². The van der Waals surface area contributed by atoms with Crippen molar-refractivity contribution >= 4 is 0 Å². The quantitative estimate of drug-likeness (QED) is 0.828. The van der Waals surface area contributed by atoms with Crippen LogP contribution in [0.15, 0.2) is 29.0 Å². The molecular weight excluding hydrogens is 204 g/mol. The van der Waals surface area contributed by atoms with Crippen molar-refractivity contribution in [2.45, 2.75) is 24.8 Å². The van der Waals surface area contributed by atoms with Crippen LogP contribution in [0.5, 0.6) is 0 Å². The molecule has 0 amide bonds. The van der Waals surface area contributed by atoms with E-state index >= 15 is 0 Å². The number of hydrogen-bond acceptors (Lipinski definition) is 5. The minimum absolute atomic E-state index is 0.347. The van der Waals surface area contributed by atoms with E-state index in [1.165, 1.54) is 0 Å². The van der Waals surface area contributed by atoms with Gasteiger partial charge in [-0.3, -0.25) is 4.98 Å². The van der Waals surface area contributed by atoms with Gasteiger partial charge in [0.2, 0.25) is 5.89 Å². The van der Waals surface area contributed by atoms with Gasteiger partial charge in [0, 0.05) is 18.8 Å². The molecule has 1 fully saturated rings. The second kappa shape index (κ2) is 3.38. The van der Waals surface area contributed by atoms with Gasteiger partial charge in [0.05, 0.1) is 5.54 Å². The number of nitrogens with zero attached hydrogens (tertiary/aromatic N) is 3. The van der Waals surface area contributed by atoms with Crippen molar-refractivity contribution in [3.8, 4) is 0 Å². The summed E-state index contributed by atoms with van der Waals surface area (Å²) < 4.78 is 5.16. The summed E-state index contributed by atoms with van der Waals surface area (Å²) in [5.41, 5.74) is 6.69. The molecule has 0 saturated heterocycles. The summed E-state index contributed by atoms with van der Waals surface area (Å²) in [5, 5.41) is 3.92. The maximum Gasteiger partial charge on any atom is 0.246 e. The molecule has 2 aromatic heterocycles. The molecule has 0 aliphatic heterocycles. The molecule has 2 N–H and O–H groups in total. The second-order valence-corrected chi connectivity index (χ2v) is 4.21. The number of hydrogen-bond donors (Lipinski definition) is 1. The predicted octanol–water partition coefficient (Wildman–Crippen LogP) is 1.00. The average Bonchev–Trinajstić information content (AvgIpc) is 2.88. The molecule has 3 rings (SSSR count). The largest absolute Gasteiger partial charge is 0.337 e. The van der Waals surface area contributed by atoms with Crippen LogP contribution >= 0.6 is 0 Å². The maximum absolute atomic E-state index is 5.97. The van der Waals surface area contributed by atoms with Crippen LogP contribution in [0, 0.1) is 0 Å². The number of nitrogens with two attached hydrogens (primary N) is 1. The van der Waals surface area contributed by atoms with Gasteiger partial charge >= 0.3 is 0 Å². The fourth-order valence-electron chi connectivity index (χ4n) is 1.56. The summed E-state index contributed by atoms with van der Waals surface area (Å²) >= 11 is 0. The summed E-state index contributed by atoms with van der Waals surface area (Å²) in [5.74, 6) is 1.23. The first kappa shape index (κ1) is 9.47. The van der Waals surface area contributed by atoms with E-state index in [4.69, 9.17) is 10.3 Å². The normalized spacial score (nSPS) is 17.3. The van der Waals surface area contributed by atoms with Crippen LogP contribution < -0.4 is 5.73 Å². The van der Waals surface area contributed by atoms with Crippen molar-refractivity contribution in [3.05, 3.63) is 41.8 Å². The Labute approximate surface area is 92.7 Å². The predicted molar refractivity (Wildman–Crippen MR) is 56.4 cm³/mol. The third kappa shape index (κ3) is 1.69. The highest BCUT2D eigenvalue weighted by Gasteiger charge is 2.45. The van der Waals surface area contributed by atoms with Crippen molar-refractivity contribution in [1.82, 2.24) is 15.1 Å². The lowest BCUT2D eigenvalue weighted by atomic mass is 10.2. The third-order valence-corrected chi connectivity index (χ3v) is 2.77. The van der Waals surface area contributed by atoms with Crippen molar-refractivity contribution in [3.63, 3.8) is 0 Å². The molecule has 2 aromatic rings.